The monoisotopic (exact) mass is 288 g/mol. The molecule has 3 rings (SSSR count). The number of pyridine rings is 1. The average molecular weight is 289 g/mol. The van der Waals surface area contributed by atoms with Gasteiger partial charge in [0.15, 0.2) is 5.78 Å². The molecule has 0 radical (unpaired) electrons. The highest BCUT2D eigenvalue weighted by Crippen LogP contribution is 2.35. The molecule has 0 fully saturated rings. The summed E-state index contributed by atoms with van der Waals surface area (Å²) < 4.78 is 0. The van der Waals surface area contributed by atoms with E-state index < -0.39 is 0 Å². The van der Waals surface area contributed by atoms with Crippen LogP contribution in [-0.4, -0.2) is 20.7 Å². The Labute approximate surface area is 121 Å². The summed E-state index contributed by atoms with van der Waals surface area (Å²) in [5, 5.41) is 0.438. The van der Waals surface area contributed by atoms with Crippen LogP contribution in [0.4, 0.5) is 5.95 Å². The van der Waals surface area contributed by atoms with Gasteiger partial charge in [0.05, 0.1) is 17.0 Å². The van der Waals surface area contributed by atoms with Gasteiger partial charge in [-0.2, -0.15) is 0 Å². The third-order valence-electron chi connectivity index (χ3n) is 3.56. The second kappa shape index (κ2) is 4.83. The third-order valence-corrected chi connectivity index (χ3v) is 3.88. The van der Waals surface area contributed by atoms with Gasteiger partial charge < -0.3 is 5.73 Å². The van der Waals surface area contributed by atoms with E-state index in [0.29, 0.717) is 34.9 Å². The summed E-state index contributed by atoms with van der Waals surface area (Å²) in [6.45, 7) is 1.78. The van der Waals surface area contributed by atoms with Gasteiger partial charge in [-0.3, -0.25) is 4.79 Å². The topological polar surface area (TPSA) is 81.8 Å². The molecule has 6 heteroatoms. The fraction of sp³-hybridized carbons (Fsp3) is 0.286. The Kier molecular flexibility index (Phi) is 3.14. The zero-order valence-electron chi connectivity index (χ0n) is 10.9. The van der Waals surface area contributed by atoms with E-state index in [0.717, 1.165) is 5.56 Å². The first-order valence-corrected chi connectivity index (χ1v) is 6.70. The molecule has 5 nitrogen and oxygen atoms in total. The van der Waals surface area contributed by atoms with Crippen molar-refractivity contribution in [2.24, 2.45) is 0 Å². The molecule has 0 spiro atoms. The van der Waals surface area contributed by atoms with Crippen molar-refractivity contribution in [3.63, 3.8) is 0 Å². The molecule has 102 valence electrons. The summed E-state index contributed by atoms with van der Waals surface area (Å²) >= 11 is 6.12. The lowest BCUT2D eigenvalue weighted by atomic mass is 9.82. The predicted octanol–water partition coefficient (Wildman–Crippen LogP) is 2.33. The van der Waals surface area contributed by atoms with Crippen molar-refractivity contribution in [3.05, 3.63) is 46.0 Å². The minimum absolute atomic E-state index is 0.00935. The Hall–Kier alpha value is -2.01. The summed E-state index contributed by atoms with van der Waals surface area (Å²) in [4.78, 5) is 24.7. The van der Waals surface area contributed by atoms with Crippen molar-refractivity contribution in [2.45, 2.75) is 25.7 Å². The van der Waals surface area contributed by atoms with Crippen molar-refractivity contribution in [1.82, 2.24) is 15.0 Å². The first kappa shape index (κ1) is 13.0. The van der Waals surface area contributed by atoms with Gasteiger partial charge in [0.25, 0.3) is 0 Å². The van der Waals surface area contributed by atoms with Crippen LogP contribution in [0.25, 0.3) is 0 Å². The first-order valence-electron chi connectivity index (χ1n) is 6.33. The highest BCUT2D eigenvalue weighted by atomic mass is 35.5. The Balaban J connectivity index is 2.05. The van der Waals surface area contributed by atoms with Crippen molar-refractivity contribution in [1.29, 1.82) is 0 Å². The molecule has 2 heterocycles. The minimum atomic E-state index is -0.00935. The number of nitrogens with two attached hydrogens (primary N) is 1. The summed E-state index contributed by atoms with van der Waals surface area (Å²) in [5.74, 6) is 0.227. The molecule has 2 aromatic heterocycles. The average Bonchev–Trinajstić information content (AvgIpc) is 2.37. The van der Waals surface area contributed by atoms with Crippen LogP contribution in [0.2, 0.25) is 5.15 Å². The number of Topliss-reactive ketones (excluding diaryl/α,β-unsaturated/α-hetero) is 1. The quantitative estimate of drug-likeness (QED) is 0.814. The standard InChI is InChI=1S/C14H13ClN4O/c1-7-12-10(19-14(16)18-7)5-8(6-11(12)20)9-3-2-4-17-13(9)15/h2-4,8H,5-6H2,1H3,(H2,16,18,19). The van der Waals surface area contributed by atoms with Gasteiger partial charge in [-0.05, 0) is 30.9 Å². The van der Waals surface area contributed by atoms with Gasteiger partial charge in [-0.15, -0.1) is 0 Å². The number of hydrogen-bond donors (Lipinski definition) is 1. The molecular weight excluding hydrogens is 276 g/mol. The van der Waals surface area contributed by atoms with Crippen molar-refractivity contribution < 1.29 is 4.79 Å². The lowest BCUT2D eigenvalue weighted by Gasteiger charge is -2.24. The van der Waals surface area contributed by atoms with Gasteiger partial charge in [-0.1, -0.05) is 17.7 Å². The molecular formula is C14H13ClN4O. The highest BCUT2D eigenvalue weighted by molar-refractivity contribution is 6.30. The molecule has 1 atom stereocenters. The molecule has 2 aromatic rings. The number of nitrogen functional groups attached to an aromatic ring is 1. The van der Waals surface area contributed by atoms with Crippen LogP contribution in [0, 0.1) is 6.92 Å². The van der Waals surface area contributed by atoms with Crippen LogP contribution in [0.15, 0.2) is 18.3 Å². The molecule has 20 heavy (non-hydrogen) atoms. The van der Waals surface area contributed by atoms with Crippen LogP contribution in [0.1, 0.15) is 39.6 Å². The lowest BCUT2D eigenvalue weighted by Crippen LogP contribution is -2.23. The van der Waals surface area contributed by atoms with Gasteiger partial charge in [0.1, 0.15) is 5.15 Å². The van der Waals surface area contributed by atoms with Crippen molar-refractivity contribution >= 4 is 23.3 Å². The normalized spacial score (nSPS) is 17.9. The van der Waals surface area contributed by atoms with E-state index in [9.17, 15) is 4.79 Å². The van der Waals surface area contributed by atoms with Gasteiger partial charge in [0, 0.05) is 12.6 Å². The van der Waals surface area contributed by atoms with Crippen molar-refractivity contribution in [3.8, 4) is 0 Å². The number of ketones is 1. The van der Waals surface area contributed by atoms with Crippen LogP contribution >= 0.6 is 11.6 Å². The number of rotatable bonds is 1. The lowest BCUT2D eigenvalue weighted by molar-refractivity contribution is 0.0962. The minimum Gasteiger partial charge on any atom is -0.368 e. The van der Waals surface area contributed by atoms with E-state index in [1.165, 1.54) is 0 Å². The number of aromatic nitrogens is 3. The number of hydrogen-bond acceptors (Lipinski definition) is 5. The number of nitrogens with zero attached hydrogens (tertiary/aromatic N) is 3. The number of carbonyl (C=O) groups excluding carboxylic acids is 1. The SMILES string of the molecule is Cc1nc(N)nc2c1C(=O)CC(c1cccnc1Cl)C2. The molecule has 1 aliphatic carbocycles. The smallest absolute Gasteiger partial charge is 0.220 e. The van der Waals surface area contributed by atoms with E-state index in [1.807, 2.05) is 12.1 Å². The summed E-state index contributed by atoms with van der Waals surface area (Å²) in [7, 11) is 0. The van der Waals surface area contributed by atoms with Gasteiger partial charge in [-0.25, -0.2) is 15.0 Å². The van der Waals surface area contributed by atoms with E-state index in [2.05, 4.69) is 15.0 Å². The van der Waals surface area contributed by atoms with E-state index >= 15 is 0 Å². The summed E-state index contributed by atoms with van der Waals surface area (Å²) in [5.41, 5.74) is 8.51. The summed E-state index contributed by atoms with van der Waals surface area (Å²) in [6.07, 6.45) is 2.65. The Morgan fingerprint density at radius 3 is 2.90 bits per heavy atom. The van der Waals surface area contributed by atoms with Gasteiger partial charge in [0.2, 0.25) is 5.95 Å². The van der Waals surface area contributed by atoms with E-state index in [-0.39, 0.29) is 17.6 Å². The molecule has 0 amide bonds. The van der Waals surface area contributed by atoms with Crippen LogP contribution < -0.4 is 5.73 Å². The zero-order chi connectivity index (χ0) is 14.3. The molecule has 1 aliphatic rings. The molecule has 2 N–H and O–H groups in total. The molecule has 0 bridgehead atoms. The molecule has 0 saturated heterocycles. The Morgan fingerprint density at radius 1 is 1.35 bits per heavy atom. The van der Waals surface area contributed by atoms with Crippen LogP contribution in [-0.2, 0) is 6.42 Å². The maximum Gasteiger partial charge on any atom is 0.220 e. The molecule has 1 unspecified atom stereocenters. The van der Waals surface area contributed by atoms with Crippen molar-refractivity contribution in [2.75, 3.05) is 5.73 Å². The van der Waals surface area contributed by atoms with Crippen LogP contribution in [0.5, 0.6) is 0 Å². The fourth-order valence-corrected chi connectivity index (χ4v) is 2.99. The second-order valence-corrected chi connectivity index (χ2v) is 5.26. The maximum atomic E-state index is 12.3. The molecule has 0 aromatic carbocycles. The van der Waals surface area contributed by atoms with E-state index in [1.54, 1.807) is 13.1 Å². The largest absolute Gasteiger partial charge is 0.368 e. The first-order chi connectivity index (χ1) is 9.56. The van der Waals surface area contributed by atoms with Crippen LogP contribution in [0.3, 0.4) is 0 Å². The number of aryl methyl sites for hydroxylation is 1. The predicted molar refractivity (Wildman–Crippen MR) is 75.8 cm³/mol. The Bertz CT molecular complexity index is 702. The zero-order valence-corrected chi connectivity index (χ0v) is 11.7. The third kappa shape index (κ3) is 2.14. The highest BCUT2D eigenvalue weighted by Gasteiger charge is 2.30. The number of anilines is 1. The fourth-order valence-electron chi connectivity index (χ4n) is 2.72. The molecule has 0 aliphatic heterocycles. The van der Waals surface area contributed by atoms with E-state index in [4.69, 9.17) is 17.3 Å². The number of fused-ring (bicyclic) bond motifs is 1. The number of halogens is 1. The summed E-state index contributed by atoms with van der Waals surface area (Å²) in [6, 6.07) is 3.72. The number of carbonyl (C=O) groups is 1. The second-order valence-electron chi connectivity index (χ2n) is 4.90. The van der Waals surface area contributed by atoms with Gasteiger partial charge >= 0.3 is 0 Å². The molecule has 0 saturated carbocycles. The Morgan fingerprint density at radius 2 is 2.15 bits per heavy atom. The maximum absolute atomic E-state index is 12.3.